The second-order valence-electron chi connectivity index (χ2n) is 5.69. The molecule has 3 rings (SSSR count). The van der Waals surface area contributed by atoms with E-state index < -0.39 is 4.92 Å². The number of halogens is 1. The molecule has 0 unspecified atom stereocenters. The molecule has 0 saturated heterocycles. The van der Waals surface area contributed by atoms with E-state index in [1.807, 2.05) is 0 Å². The fourth-order valence-corrected chi connectivity index (χ4v) is 3.00. The molecule has 3 aromatic rings. The molecule has 9 nitrogen and oxygen atoms in total. The van der Waals surface area contributed by atoms with Crippen molar-refractivity contribution in [3.8, 4) is 17.2 Å². The van der Waals surface area contributed by atoms with Gasteiger partial charge in [-0.3, -0.25) is 10.1 Å². The summed E-state index contributed by atoms with van der Waals surface area (Å²) in [6, 6.07) is 6.41. The Hall–Kier alpha value is -3.33. The molecule has 1 N–H and O–H groups in total. The lowest BCUT2D eigenvalue weighted by molar-refractivity contribution is -0.384. The van der Waals surface area contributed by atoms with Crippen LogP contribution in [0.2, 0.25) is 5.02 Å². The van der Waals surface area contributed by atoms with Gasteiger partial charge >= 0.3 is 0 Å². The van der Waals surface area contributed by atoms with Gasteiger partial charge in [0.15, 0.2) is 11.5 Å². The maximum atomic E-state index is 11.2. The Kier molecular flexibility index (Phi) is 5.65. The number of anilines is 1. The number of nitro benzene ring substituents is 1. The minimum atomic E-state index is -0.544. The summed E-state index contributed by atoms with van der Waals surface area (Å²) >= 11 is 5.96. The third kappa shape index (κ3) is 3.70. The molecule has 0 fully saturated rings. The molecule has 0 aliphatic carbocycles. The van der Waals surface area contributed by atoms with Gasteiger partial charge in [-0.15, -0.1) is 0 Å². The Morgan fingerprint density at radius 3 is 2.32 bits per heavy atom. The first-order chi connectivity index (χ1) is 13.5. The van der Waals surface area contributed by atoms with Crippen LogP contribution in [0, 0.1) is 10.1 Å². The number of hydrogen-bond donors (Lipinski definition) is 1. The number of benzene rings is 2. The van der Waals surface area contributed by atoms with Crippen molar-refractivity contribution in [2.75, 3.05) is 26.6 Å². The average molecular weight is 405 g/mol. The molecule has 0 bridgehead atoms. The predicted octanol–water partition coefficient (Wildman–Crippen LogP) is 3.83. The third-order valence-electron chi connectivity index (χ3n) is 4.09. The van der Waals surface area contributed by atoms with Crippen LogP contribution in [-0.2, 0) is 6.54 Å². The summed E-state index contributed by atoms with van der Waals surface area (Å²) in [5.74, 6) is 1.98. The van der Waals surface area contributed by atoms with Gasteiger partial charge in [-0.05, 0) is 23.8 Å². The van der Waals surface area contributed by atoms with Gasteiger partial charge < -0.3 is 19.5 Å². The highest BCUT2D eigenvalue weighted by molar-refractivity contribution is 6.33. The van der Waals surface area contributed by atoms with Gasteiger partial charge in [0.1, 0.15) is 17.2 Å². The van der Waals surface area contributed by atoms with Crippen molar-refractivity contribution in [3.05, 3.63) is 51.3 Å². The molecular formula is C18H17ClN4O5. The number of aromatic nitrogens is 2. The molecule has 0 aliphatic heterocycles. The van der Waals surface area contributed by atoms with Gasteiger partial charge in [-0.1, -0.05) is 11.6 Å². The monoisotopic (exact) mass is 404 g/mol. The molecule has 0 atom stereocenters. The van der Waals surface area contributed by atoms with Crippen molar-refractivity contribution in [1.82, 2.24) is 9.97 Å². The van der Waals surface area contributed by atoms with E-state index in [9.17, 15) is 10.1 Å². The van der Waals surface area contributed by atoms with Crippen LogP contribution in [0.15, 0.2) is 30.6 Å². The van der Waals surface area contributed by atoms with E-state index in [4.69, 9.17) is 25.8 Å². The molecule has 28 heavy (non-hydrogen) atoms. The molecule has 1 heterocycles. The number of nitrogens with one attached hydrogen (secondary N) is 1. The third-order valence-corrected chi connectivity index (χ3v) is 4.39. The first kappa shape index (κ1) is 19.4. The van der Waals surface area contributed by atoms with Gasteiger partial charge in [-0.25, -0.2) is 9.97 Å². The van der Waals surface area contributed by atoms with Crippen LogP contribution in [0.5, 0.6) is 17.2 Å². The summed E-state index contributed by atoms with van der Waals surface area (Å²) < 4.78 is 16.0. The largest absolute Gasteiger partial charge is 0.493 e. The molecule has 0 saturated carbocycles. The smallest absolute Gasteiger partial charge is 0.288 e. The lowest BCUT2D eigenvalue weighted by Gasteiger charge is -2.15. The van der Waals surface area contributed by atoms with Gasteiger partial charge in [0.25, 0.3) is 5.69 Å². The van der Waals surface area contributed by atoms with Crippen molar-refractivity contribution >= 4 is 34.0 Å². The van der Waals surface area contributed by atoms with E-state index in [1.54, 1.807) is 12.1 Å². The van der Waals surface area contributed by atoms with Gasteiger partial charge in [0.2, 0.25) is 5.75 Å². The second kappa shape index (κ2) is 8.13. The van der Waals surface area contributed by atoms with Crippen LogP contribution in [0.3, 0.4) is 0 Å². The van der Waals surface area contributed by atoms with Gasteiger partial charge in [0.05, 0.1) is 31.8 Å². The maximum absolute atomic E-state index is 11.2. The van der Waals surface area contributed by atoms with E-state index >= 15 is 0 Å². The summed E-state index contributed by atoms with van der Waals surface area (Å²) in [5, 5.41) is 14.9. The Bertz CT molecular complexity index is 1020. The van der Waals surface area contributed by atoms with Crippen molar-refractivity contribution in [2.24, 2.45) is 0 Å². The molecule has 0 amide bonds. The Morgan fingerprint density at radius 2 is 1.75 bits per heavy atom. The normalized spacial score (nSPS) is 10.6. The number of nitro groups is 1. The highest BCUT2D eigenvalue weighted by Gasteiger charge is 2.17. The van der Waals surface area contributed by atoms with Crippen LogP contribution in [0.25, 0.3) is 10.9 Å². The van der Waals surface area contributed by atoms with E-state index in [0.29, 0.717) is 40.5 Å². The minimum Gasteiger partial charge on any atom is -0.493 e. The fourth-order valence-electron chi connectivity index (χ4n) is 2.77. The zero-order valence-electron chi connectivity index (χ0n) is 15.4. The van der Waals surface area contributed by atoms with Gasteiger partial charge in [0, 0.05) is 18.0 Å². The van der Waals surface area contributed by atoms with Crippen LogP contribution < -0.4 is 19.5 Å². The van der Waals surface area contributed by atoms with Crippen LogP contribution in [0.1, 0.15) is 5.56 Å². The molecule has 2 aromatic carbocycles. The molecule has 0 spiro atoms. The number of fused-ring (bicyclic) bond motifs is 1. The maximum Gasteiger partial charge on any atom is 0.288 e. The van der Waals surface area contributed by atoms with Crippen LogP contribution >= 0.6 is 11.6 Å². The van der Waals surface area contributed by atoms with Crippen LogP contribution in [0.4, 0.5) is 11.5 Å². The fraction of sp³-hybridized carbons (Fsp3) is 0.222. The van der Waals surface area contributed by atoms with Crippen molar-refractivity contribution in [2.45, 2.75) is 6.54 Å². The quantitative estimate of drug-likeness (QED) is 0.467. The summed E-state index contributed by atoms with van der Waals surface area (Å²) in [5.41, 5.74) is 1.13. The molecule has 0 radical (unpaired) electrons. The summed E-state index contributed by atoms with van der Waals surface area (Å²) in [7, 11) is 4.61. The lowest BCUT2D eigenvalue weighted by atomic mass is 10.1. The first-order valence-corrected chi connectivity index (χ1v) is 8.47. The number of nitrogens with zero attached hydrogens (tertiary/aromatic N) is 3. The summed E-state index contributed by atoms with van der Waals surface area (Å²) in [6.07, 6.45) is 1.36. The Labute approximate surface area is 165 Å². The molecule has 1 aromatic heterocycles. The van der Waals surface area contributed by atoms with Gasteiger partial charge in [-0.2, -0.15) is 0 Å². The van der Waals surface area contributed by atoms with Crippen molar-refractivity contribution in [3.63, 3.8) is 0 Å². The highest BCUT2D eigenvalue weighted by atomic mass is 35.5. The summed E-state index contributed by atoms with van der Waals surface area (Å²) in [6.45, 7) is 0.360. The SMILES string of the molecule is COc1cc(CNc2ncnc3cc(Cl)c([N+](=O)[O-])cc23)cc(OC)c1OC. The average Bonchev–Trinajstić information content (AvgIpc) is 2.70. The minimum absolute atomic E-state index is 0.0202. The lowest BCUT2D eigenvalue weighted by Crippen LogP contribution is -2.04. The zero-order valence-corrected chi connectivity index (χ0v) is 16.1. The second-order valence-corrected chi connectivity index (χ2v) is 6.09. The summed E-state index contributed by atoms with van der Waals surface area (Å²) in [4.78, 5) is 19.0. The van der Waals surface area contributed by atoms with Crippen molar-refractivity contribution in [1.29, 1.82) is 0 Å². The van der Waals surface area contributed by atoms with Crippen LogP contribution in [-0.4, -0.2) is 36.2 Å². The van der Waals surface area contributed by atoms with E-state index in [1.165, 1.54) is 39.8 Å². The molecule has 146 valence electrons. The topological polar surface area (TPSA) is 109 Å². The molecular weight excluding hydrogens is 388 g/mol. The van der Waals surface area contributed by atoms with E-state index in [-0.39, 0.29) is 10.7 Å². The first-order valence-electron chi connectivity index (χ1n) is 8.09. The number of ether oxygens (including phenoxy) is 3. The number of hydrogen-bond acceptors (Lipinski definition) is 8. The van der Waals surface area contributed by atoms with Crippen molar-refractivity contribution < 1.29 is 19.1 Å². The highest BCUT2D eigenvalue weighted by Crippen LogP contribution is 2.38. The predicted molar refractivity (Wildman–Crippen MR) is 105 cm³/mol. The zero-order chi connectivity index (χ0) is 20.3. The number of methoxy groups -OCH3 is 3. The van der Waals surface area contributed by atoms with E-state index in [2.05, 4.69) is 15.3 Å². The number of rotatable bonds is 7. The Morgan fingerprint density at radius 1 is 1.07 bits per heavy atom. The molecule has 0 aliphatic rings. The standard InChI is InChI=1S/C18H17ClN4O5/c1-26-15-4-10(5-16(27-2)17(15)28-3)8-20-18-11-6-14(23(24)25)12(19)7-13(11)21-9-22-18/h4-7,9H,8H2,1-3H3,(H,20,21,22). The Balaban J connectivity index is 1.96. The van der Waals surface area contributed by atoms with E-state index in [0.717, 1.165) is 5.56 Å². The molecule has 10 heteroatoms.